The predicted molar refractivity (Wildman–Crippen MR) is 43.6 cm³/mol. The summed E-state index contributed by atoms with van der Waals surface area (Å²) < 4.78 is 31.9. The third kappa shape index (κ3) is 2.74. The third-order valence-corrected chi connectivity index (χ3v) is 2.55. The summed E-state index contributed by atoms with van der Waals surface area (Å²) in [5.74, 6) is 0. The summed E-state index contributed by atoms with van der Waals surface area (Å²) in [6.07, 6.45) is 0. The summed E-state index contributed by atoms with van der Waals surface area (Å²) in [5.41, 5.74) is 5.71. The first-order valence-electron chi connectivity index (χ1n) is 3.24. The Morgan fingerprint density at radius 1 is 1.38 bits per heavy atom. The summed E-state index contributed by atoms with van der Waals surface area (Å²) in [7, 11) is -4.44. The Balaban J connectivity index is 0.00000144. The van der Waals surface area contributed by atoms with Crippen LogP contribution in [0.2, 0.25) is 0 Å². The van der Waals surface area contributed by atoms with Crippen LogP contribution in [0.4, 0.5) is 5.69 Å². The van der Waals surface area contributed by atoms with Crippen molar-refractivity contribution in [1.29, 1.82) is 0 Å². The van der Waals surface area contributed by atoms with Crippen LogP contribution in [0.15, 0.2) is 23.1 Å². The van der Waals surface area contributed by atoms with Gasteiger partial charge in [0.25, 0.3) is 0 Å². The van der Waals surface area contributed by atoms with E-state index < -0.39 is 10.1 Å². The number of benzene rings is 1. The van der Waals surface area contributed by atoms with Gasteiger partial charge in [0, 0.05) is 5.69 Å². The number of rotatable bonds is 1. The van der Waals surface area contributed by atoms with E-state index in [9.17, 15) is 13.0 Å². The van der Waals surface area contributed by atoms with Crippen molar-refractivity contribution in [2.75, 3.05) is 5.73 Å². The van der Waals surface area contributed by atoms with E-state index in [1.807, 2.05) is 0 Å². The number of nitrogen functional groups attached to an aromatic ring is 1. The Bertz CT molecular complexity index is 382. The second-order valence-electron chi connectivity index (χ2n) is 2.45. The molecule has 1 aromatic rings. The molecule has 0 aliphatic carbocycles. The van der Waals surface area contributed by atoms with Crippen LogP contribution in [0, 0.1) is 6.92 Å². The summed E-state index contributed by atoms with van der Waals surface area (Å²) in [6.45, 7) is 1.53. The quantitative estimate of drug-likeness (QED) is 0.303. The number of hydrogen-bond donors (Lipinski definition) is 1. The van der Waals surface area contributed by atoms with Gasteiger partial charge in [-0.2, -0.15) is 0 Å². The Morgan fingerprint density at radius 2 is 1.92 bits per heavy atom. The molecule has 0 saturated heterocycles. The van der Waals surface area contributed by atoms with Crippen LogP contribution < -0.4 is 24.6 Å². The van der Waals surface area contributed by atoms with Crippen molar-refractivity contribution in [3.63, 3.8) is 0 Å². The number of aryl methyl sites for hydroxylation is 1. The molecule has 2 N–H and O–H groups in total. The van der Waals surface area contributed by atoms with Crippen LogP contribution in [-0.4, -0.2) is 13.0 Å². The SMILES string of the molecule is Cc1cccc(N)c1S(=O)(=O)[O-].[Li+]. The van der Waals surface area contributed by atoms with Crippen molar-refractivity contribution in [2.45, 2.75) is 11.8 Å². The fraction of sp³-hybridized carbons (Fsp3) is 0.143. The normalized spacial score (nSPS) is 10.6. The van der Waals surface area contributed by atoms with Crippen LogP contribution in [0.1, 0.15) is 5.56 Å². The first kappa shape index (κ1) is 12.5. The molecule has 1 rings (SSSR count). The summed E-state index contributed by atoms with van der Waals surface area (Å²) >= 11 is 0. The Kier molecular flexibility index (Phi) is 4.01. The predicted octanol–water partition coefficient (Wildman–Crippen LogP) is -2.51. The van der Waals surface area contributed by atoms with E-state index in [1.165, 1.54) is 19.1 Å². The maximum atomic E-state index is 10.6. The van der Waals surface area contributed by atoms with Crippen LogP contribution in [-0.2, 0) is 10.1 Å². The molecule has 0 radical (unpaired) electrons. The first-order chi connectivity index (χ1) is 5.43. The summed E-state index contributed by atoms with van der Waals surface area (Å²) in [5, 5.41) is 0. The van der Waals surface area contributed by atoms with Gasteiger partial charge in [-0.05, 0) is 18.6 Å². The van der Waals surface area contributed by atoms with Gasteiger partial charge in [0.05, 0.1) is 4.90 Å². The van der Waals surface area contributed by atoms with Crippen molar-refractivity contribution >= 4 is 15.8 Å². The van der Waals surface area contributed by atoms with E-state index in [4.69, 9.17) is 5.73 Å². The van der Waals surface area contributed by atoms with E-state index in [0.717, 1.165) is 0 Å². The van der Waals surface area contributed by atoms with Crippen molar-refractivity contribution in [3.8, 4) is 0 Å². The molecule has 0 spiro atoms. The molecule has 66 valence electrons. The van der Waals surface area contributed by atoms with Gasteiger partial charge in [0.15, 0.2) is 0 Å². The molecule has 0 fully saturated rings. The van der Waals surface area contributed by atoms with Gasteiger partial charge < -0.3 is 10.3 Å². The van der Waals surface area contributed by atoms with E-state index >= 15 is 0 Å². The minimum atomic E-state index is -4.44. The molecule has 0 heterocycles. The van der Waals surface area contributed by atoms with Gasteiger partial charge >= 0.3 is 18.9 Å². The second-order valence-corrected chi connectivity index (χ2v) is 3.76. The molecule has 6 heteroatoms. The standard InChI is InChI=1S/C7H9NO3S.Li/c1-5-3-2-4-6(8)7(5)12(9,10)11;/h2-4H,8H2,1H3,(H,9,10,11);/q;+1/p-1. The first-order valence-corrected chi connectivity index (χ1v) is 4.65. The molecule has 0 unspecified atom stereocenters. The Hall–Kier alpha value is -0.473. The van der Waals surface area contributed by atoms with Crippen molar-refractivity contribution in [3.05, 3.63) is 23.8 Å². The topological polar surface area (TPSA) is 83.2 Å². The van der Waals surface area contributed by atoms with Crippen LogP contribution in [0.25, 0.3) is 0 Å². The molecule has 0 aliphatic rings. The van der Waals surface area contributed by atoms with Crippen LogP contribution in [0.5, 0.6) is 0 Å². The van der Waals surface area contributed by atoms with Crippen molar-refractivity contribution in [1.82, 2.24) is 0 Å². The van der Waals surface area contributed by atoms with Gasteiger partial charge in [-0.1, -0.05) is 12.1 Å². The minimum absolute atomic E-state index is 0. The van der Waals surface area contributed by atoms with E-state index in [2.05, 4.69) is 0 Å². The molecular formula is C7H8LiNO3S. The summed E-state index contributed by atoms with van der Waals surface area (Å²) in [6, 6.07) is 4.51. The Labute approximate surface area is 89.1 Å². The zero-order chi connectivity index (χ0) is 9.35. The van der Waals surface area contributed by atoms with Gasteiger partial charge in [-0.25, -0.2) is 8.42 Å². The molecule has 0 aromatic heterocycles. The van der Waals surface area contributed by atoms with Crippen molar-refractivity contribution < 1.29 is 31.8 Å². The van der Waals surface area contributed by atoms with Crippen molar-refractivity contribution in [2.24, 2.45) is 0 Å². The van der Waals surface area contributed by atoms with E-state index in [1.54, 1.807) is 6.07 Å². The number of anilines is 1. The summed E-state index contributed by atoms with van der Waals surface area (Å²) in [4.78, 5) is -0.315. The Morgan fingerprint density at radius 3 is 2.23 bits per heavy atom. The fourth-order valence-corrected chi connectivity index (χ4v) is 1.84. The number of nitrogens with two attached hydrogens (primary N) is 1. The largest absolute Gasteiger partial charge is 1.00 e. The molecule has 0 bridgehead atoms. The maximum absolute atomic E-state index is 10.6. The zero-order valence-electron chi connectivity index (χ0n) is 7.44. The minimum Gasteiger partial charge on any atom is -0.744 e. The monoisotopic (exact) mass is 193 g/mol. The zero-order valence-corrected chi connectivity index (χ0v) is 8.26. The molecule has 0 amide bonds. The van der Waals surface area contributed by atoms with E-state index in [0.29, 0.717) is 5.56 Å². The second kappa shape index (κ2) is 4.16. The molecule has 0 aliphatic heterocycles. The van der Waals surface area contributed by atoms with Gasteiger partial charge in [0.2, 0.25) is 0 Å². The molecular weight excluding hydrogens is 185 g/mol. The average molecular weight is 193 g/mol. The van der Waals surface area contributed by atoms with Gasteiger partial charge in [-0.3, -0.25) is 0 Å². The fourth-order valence-electron chi connectivity index (χ4n) is 1.02. The average Bonchev–Trinajstić information content (AvgIpc) is 1.82. The van der Waals surface area contributed by atoms with Crippen LogP contribution >= 0.6 is 0 Å². The van der Waals surface area contributed by atoms with E-state index in [-0.39, 0.29) is 29.4 Å². The van der Waals surface area contributed by atoms with Gasteiger partial charge in [-0.15, -0.1) is 0 Å². The van der Waals surface area contributed by atoms with Gasteiger partial charge in [0.1, 0.15) is 10.1 Å². The third-order valence-electron chi connectivity index (χ3n) is 1.49. The maximum Gasteiger partial charge on any atom is 1.00 e. The molecule has 0 atom stereocenters. The molecule has 13 heavy (non-hydrogen) atoms. The number of hydrogen-bond acceptors (Lipinski definition) is 4. The molecule has 4 nitrogen and oxygen atoms in total. The molecule has 1 aromatic carbocycles. The molecule has 0 saturated carbocycles. The smallest absolute Gasteiger partial charge is 0.744 e. The van der Waals surface area contributed by atoms with Crippen LogP contribution in [0.3, 0.4) is 0 Å².